The van der Waals surface area contributed by atoms with Gasteiger partial charge in [-0.2, -0.15) is 9.40 Å². The number of hydrogen-bond acceptors (Lipinski definition) is 4. The molecular weight excluding hydrogens is 288 g/mol. The molecule has 0 bridgehead atoms. The highest BCUT2D eigenvalue weighted by atomic mass is 32.2. The Kier molecular flexibility index (Phi) is 5.11. The predicted octanol–water partition coefficient (Wildman–Crippen LogP) is 0.960. The number of benzene rings is 1. The molecule has 1 aromatic carbocycles. The summed E-state index contributed by atoms with van der Waals surface area (Å²) in [5.41, 5.74) is 6.47. The van der Waals surface area contributed by atoms with E-state index < -0.39 is 10.0 Å². The van der Waals surface area contributed by atoms with Crippen LogP contribution in [0.2, 0.25) is 0 Å². The molecule has 2 rings (SSSR count). The maximum atomic E-state index is 12.7. The fourth-order valence-electron chi connectivity index (χ4n) is 2.09. The Morgan fingerprint density at radius 3 is 2.52 bits per heavy atom. The van der Waals surface area contributed by atoms with Crippen molar-refractivity contribution < 1.29 is 8.42 Å². The Bertz CT molecular complexity index is 667. The van der Waals surface area contributed by atoms with Crippen molar-refractivity contribution in [2.75, 3.05) is 13.1 Å². The SMILES string of the molecule is Cn1nccc1S(=O)(=O)N(CCCN)Cc1ccccc1. The lowest BCUT2D eigenvalue weighted by Gasteiger charge is -2.22. The van der Waals surface area contributed by atoms with Crippen LogP contribution in [0, 0.1) is 0 Å². The second-order valence-electron chi connectivity index (χ2n) is 4.76. The number of nitrogens with zero attached hydrogens (tertiary/aromatic N) is 3. The minimum absolute atomic E-state index is 0.190. The van der Waals surface area contributed by atoms with Gasteiger partial charge in [0.05, 0.1) is 6.20 Å². The summed E-state index contributed by atoms with van der Waals surface area (Å²) >= 11 is 0. The van der Waals surface area contributed by atoms with Crippen molar-refractivity contribution in [1.82, 2.24) is 14.1 Å². The molecule has 0 atom stereocenters. The first kappa shape index (κ1) is 15.7. The van der Waals surface area contributed by atoms with Gasteiger partial charge in [0.2, 0.25) is 0 Å². The van der Waals surface area contributed by atoms with Crippen molar-refractivity contribution in [3.8, 4) is 0 Å². The minimum atomic E-state index is -3.58. The van der Waals surface area contributed by atoms with Crippen molar-refractivity contribution in [1.29, 1.82) is 0 Å². The van der Waals surface area contributed by atoms with Crippen LogP contribution >= 0.6 is 0 Å². The van der Waals surface area contributed by atoms with Crippen molar-refractivity contribution >= 4 is 10.0 Å². The fourth-order valence-corrected chi connectivity index (χ4v) is 3.65. The van der Waals surface area contributed by atoms with E-state index in [4.69, 9.17) is 5.73 Å². The molecular formula is C14H20N4O2S. The van der Waals surface area contributed by atoms with Gasteiger partial charge < -0.3 is 5.73 Å². The highest BCUT2D eigenvalue weighted by molar-refractivity contribution is 7.89. The lowest BCUT2D eigenvalue weighted by molar-refractivity contribution is 0.396. The molecule has 2 aromatic rings. The first-order valence-electron chi connectivity index (χ1n) is 6.78. The van der Waals surface area contributed by atoms with Gasteiger partial charge in [0.1, 0.15) is 0 Å². The lowest BCUT2D eigenvalue weighted by atomic mass is 10.2. The molecule has 0 aliphatic rings. The summed E-state index contributed by atoms with van der Waals surface area (Å²) in [6.45, 7) is 1.17. The van der Waals surface area contributed by atoms with E-state index in [0.717, 1.165) is 5.56 Å². The molecule has 1 heterocycles. The maximum absolute atomic E-state index is 12.7. The van der Waals surface area contributed by atoms with Crippen LogP contribution in [-0.2, 0) is 23.6 Å². The van der Waals surface area contributed by atoms with Crippen molar-refractivity contribution in [3.05, 3.63) is 48.2 Å². The number of nitrogens with two attached hydrogens (primary N) is 1. The zero-order valence-corrected chi connectivity index (χ0v) is 12.8. The summed E-state index contributed by atoms with van der Waals surface area (Å²) in [5, 5.41) is 4.13. The van der Waals surface area contributed by atoms with E-state index >= 15 is 0 Å². The van der Waals surface area contributed by atoms with E-state index in [0.29, 0.717) is 26.1 Å². The molecule has 0 aliphatic carbocycles. The molecule has 0 aliphatic heterocycles. The van der Waals surface area contributed by atoms with Gasteiger partial charge in [-0.15, -0.1) is 0 Å². The Hall–Kier alpha value is -1.70. The number of aromatic nitrogens is 2. The normalized spacial score (nSPS) is 12.0. The van der Waals surface area contributed by atoms with Gasteiger partial charge in [0.25, 0.3) is 10.0 Å². The van der Waals surface area contributed by atoms with Crippen LogP contribution in [0.4, 0.5) is 0 Å². The van der Waals surface area contributed by atoms with Gasteiger partial charge in [0.15, 0.2) is 5.03 Å². The predicted molar refractivity (Wildman–Crippen MR) is 80.9 cm³/mol. The zero-order valence-electron chi connectivity index (χ0n) is 12.0. The Morgan fingerprint density at radius 1 is 1.24 bits per heavy atom. The number of aryl methyl sites for hydroxylation is 1. The van der Waals surface area contributed by atoms with Crippen LogP contribution in [-0.4, -0.2) is 35.6 Å². The third kappa shape index (κ3) is 3.69. The molecule has 114 valence electrons. The molecule has 21 heavy (non-hydrogen) atoms. The van der Waals surface area contributed by atoms with Crippen molar-refractivity contribution in [3.63, 3.8) is 0 Å². The molecule has 7 heteroatoms. The molecule has 0 amide bonds. The highest BCUT2D eigenvalue weighted by Gasteiger charge is 2.26. The minimum Gasteiger partial charge on any atom is -0.330 e. The fraction of sp³-hybridized carbons (Fsp3) is 0.357. The molecule has 0 unspecified atom stereocenters. The summed E-state index contributed by atoms with van der Waals surface area (Å²) < 4.78 is 28.3. The second-order valence-corrected chi connectivity index (χ2v) is 6.64. The van der Waals surface area contributed by atoms with Crippen LogP contribution in [0.3, 0.4) is 0 Å². The number of rotatable bonds is 7. The summed E-state index contributed by atoms with van der Waals surface area (Å²) in [5.74, 6) is 0. The Labute approximate surface area is 125 Å². The summed E-state index contributed by atoms with van der Waals surface area (Å²) in [6.07, 6.45) is 2.10. The van der Waals surface area contributed by atoms with E-state index in [-0.39, 0.29) is 5.03 Å². The van der Waals surface area contributed by atoms with Crippen LogP contribution in [0.15, 0.2) is 47.6 Å². The topological polar surface area (TPSA) is 81.2 Å². The molecule has 0 spiro atoms. The Balaban J connectivity index is 2.29. The molecule has 1 aromatic heterocycles. The van der Waals surface area contributed by atoms with E-state index in [1.165, 1.54) is 21.3 Å². The highest BCUT2D eigenvalue weighted by Crippen LogP contribution is 2.17. The van der Waals surface area contributed by atoms with Crippen LogP contribution < -0.4 is 5.73 Å². The van der Waals surface area contributed by atoms with Crippen LogP contribution in [0.5, 0.6) is 0 Å². The summed E-state index contributed by atoms with van der Waals surface area (Å²) in [7, 11) is -1.96. The standard InChI is InChI=1S/C14H20N4O2S/c1-17-14(8-10-16-17)21(19,20)18(11-5-9-15)12-13-6-3-2-4-7-13/h2-4,6-8,10H,5,9,11-12,15H2,1H3. The summed E-state index contributed by atoms with van der Waals surface area (Å²) in [6, 6.07) is 11.0. The van der Waals surface area contributed by atoms with E-state index in [2.05, 4.69) is 5.10 Å². The quantitative estimate of drug-likeness (QED) is 0.826. The maximum Gasteiger partial charge on any atom is 0.260 e. The summed E-state index contributed by atoms with van der Waals surface area (Å²) in [4.78, 5) is 0. The van der Waals surface area contributed by atoms with Gasteiger partial charge in [-0.05, 0) is 24.6 Å². The average molecular weight is 308 g/mol. The molecule has 0 saturated heterocycles. The largest absolute Gasteiger partial charge is 0.330 e. The number of sulfonamides is 1. The molecule has 0 fully saturated rings. The van der Waals surface area contributed by atoms with E-state index in [1.807, 2.05) is 30.3 Å². The smallest absolute Gasteiger partial charge is 0.260 e. The van der Waals surface area contributed by atoms with Gasteiger partial charge >= 0.3 is 0 Å². The van der Waals surface area contributed by atoms with Crippen LogP contribution in [0.1, 0.15) is 12.0 Å². The first-order valence-corrected chi connectivity index (χ1v) is 8.22. The van der Waals surface area contributed by atoms with Gasteiger partial charge in [0, 0.05) is 20.1 Å². The van der Waals surface area contributed by atoms with E-state index in [1.54, 1.807) is 7.05 Å². The third-order valence-corrected chi connectivity index (χ3v) is 5.11. The molecule has 0 saturated carbocycles. The molecule has 6 nitrogen and oxygen atoms in total. The molecule has 0 radical (unpaired) electrons. The van der Waals surface area contributed by atoms with E-state index in [9.17, 15) is 8.42 Å². The molecule has 2 N–H and O–H groups in total. The van der Waals surface area contributed by atoms with Crippen molar-refractivity contribution in [2.45, 2.75) is 18.0 Å². The zero-order chi connectivity index (χ0) is 15.3. The van der Waals surface area contributed by atoms with Gasteiger partial charge in [-0.3, -0.25) is 4.68 Å². The van der Waals surface area contributed by atoms with Crippen molar-refractivity contribution in [2.24, 2.45) is 12.8 Å². The van der Waals surface area contributed by atoms with Gasteiger partial charge in [-0.1, -0.05) is 30.3 Å². The van der Waals surface area contributed by atoms with Gasteiger partial charge in [-0.25, -0.2) is 8.42 Å². The number of hydrogen-bond donors (Lipinski definition) is 1. The average Bonchev–Trinajstić information content (AvgIpc) is 2.91. The third-order valence-electron chi connectivity index (χ3n) is 3.19. The Morgan fingerprint density at radius 2 is 1.95 bits per heavy atom. The monoisotopic (exact) mass is 308 g/mol. The lowest BCUT2D eigenvalue weighted by Crippen LogP contribution is -2.33. The second kappa shape index (κ2) is 6.84. The van der Waals surface area contributed by atoms with Crippen LogP contribution in [0.25, 0.3) is 0 Å². The first-order chi connectivity index (χ1) is 10.1.